The van der Waals surface area contributed by atoms with Gasteiger partial charge in [0.1, 0.15) is 24.7 Å². The van der Waals surface area contributed by atoms with Gasteiger partial charge in [-0.05, 0) is 0 Å². The Kier molecular flexibility index (Phi) is 9.72. The Bertz CT molecular complexity index is 521. The Labute approximate surface area is 128 Å². The van der Waals surface area contributed by atoms with Gasteiger partial charge in [0.25, 0.3) is 20.2 Å². The van der Waals surface area contributed by atoms with Crippen molar-refractivity contribution < 1.29 is 45.6 Å². The lowest BCUT2D eigenvalue weighted by Crippen LogP contribution is -2.25. The first-order valence-electron chi connectivity index (χ1n) is 5.87. The molecular weight excluding hydrogens is 344 g/mol. The van der Waals surface area contributed by atoms with E-state index in [0.717, 1.165) is 0 Å². The smallest absolute Gasteiger partial charge is 0.267 e. The average molecular weight is 362 g/mol. The maximum atomic E-state index is 10.4. The molecule has 4 N–H and O–H groups in total. The van der Waals surface area contributed by atoms with Crippen LogP contribution in [0.15, 0.2) is 0 Å². The normalized spacial score (nSPS) is 14.9. The number of rotatable bonds is 10. The second kappa shape index (κ2) is 10.1. The molecular formula is C10H18O10S2. The minimum Gasteiger partial charge on any atom is -0.390 e. The largest absolute Gasteiger partial charge is 0.390 e. The van der Waals surface area contributed by atoms with E-state index in [2.05, 4.69) is 11.8 Å². The molecule has 0 aliphatic carbocycles. The van der Waals surface area contributed by atoms with Crippen LogP contribution in [0.5, 0.6) is 0 Å². The zero-order valence-corrected chi connectivity index (χ0v) is 13.1. The Morgan fingerprint density at radius 2 is 1.09 bits per heavy atom. The van der Waals surface area contributed by atoms with E-state index in [1.165, 1.54) is 0 Å². The third kappa shape index (κ3) is 15.6. The summed E-state index contributed by atoms with van der Waals surface area (Å²) in [6, 6.07) is 0. The van der Waals surface area contributed by atoms with Gasteiger partial charge in [0.15, 0.2) is 0 Å². The standard InChI is InChI=1S/C10H18O10S2/c11-9(7-21(13,14)15)5-19-3-1-2-4-20-6-10(12)8-22(16,17)18/h9-12H,3-8H2,(H,13,14,15)(H,16,17,18)/t9-,10-/m1/s1. The van der Waals surface area contributed by atoms with Gasteiger partial charge in [0, 0.05) is 0 Å². The Hall–Kier alpha value is -0.780. The summed E-state index contributed by atoms with van der Waals surface area (Å²) in [5.41, 5.74) is 0. The maximum Gasteiger partial charge on any atom is 0.267 e. The highest BCUT2D eigenvalue weighted by Gasteiger charge is 2.14. The van der Waals surface area contributed by atoms with Crippen molar-refractivity contribution in [3.05, 3.63) is 0 Å². The first-order chi connectivity index (χ1) is 9.99. The minimum atomic E-state index is -4.27. The number of hydrogen-bond acceptors (Lipinski definition) is 8. The van der Waals surface area contributed by atoms with Crippen molar-refractivity contribution in [2.45, 2.75) is 12.2 Å². The van der Waals surface area contributed by atoms with Gasteiger partial charge in [-0.25, -0.2) is 0 Å². The molecule has 0 saturated carbocycles. The molecule has 0 spiro atoms. The van der Waals surface area contributed by atoms with E-state index in [1.807, 2.05) is 0 Å². The van der Waals surface area contributed by atoms with E-state index in [1.54, 1.807) is 0 Å². The molecule has 22 heavy (non-hydrogen) atoms. The fourth-order valence-corrected chi connectivity index (χ4v) is 2.34. The molecule has 0 aromatic carbocycles. The fraction of sp³-hybridized carbons (Fsp3) is 0.800. The van der Waals surface area contributed by atoms with Crippen LogP contribution in [0.1, 0.15) is 0 Å². The molecule has 0 radical (unpaired) electrons. The molecule has 0 bridgehead atoms. The van der Waals surface area contributed by atoms with E-state index in [-0.39, 0.29) is 26.4 Å². The molecule has 0 aromatic rings. The Balaban J connectivity index is 3.70. The number of aliphatic hydroxyl groups excluding tert-OH is 2. The van der Waals surface area contributed by atoms with Crippen molar-refractivity contribution in [1.29, 1.82) is 0 Å². The Morgan fingerprint density at radius 3 is 1.36 bits per heavy atom. The van der Waals surface area contributed by atoms with Crippen LogP contribution in [0, 0.1) is 11.8 Å². The molecule has 10 nitrogen and oxygen atoms in total. The SMILES string of the molecule is O=S(=O)(O)C[C@H](O)COCC#CCOC[C@@H](O)CS(=O)(=O)O. The van der Waals surface area contributed by atoms with E-state index in [0.29, 0.717) is 0 Å². The molecule has 0 fully saturated rings. The van der Waals surface area contributed by atoms with Gasteiger partial charge in [0.2, 0.25) is 0 Å². The van der Waals surface area contributed by atoms with Crippen LogP contribution in [0.25, 0.3) is 0 Å². The highest BCUT2D eigenvalue weighted by atomic mass is 32.2. The molecule has 2 atom stereocenters. The quantitative estimate of drug-likeness (QED) is 0.185. The lowest BCUT2D eigenvalue weighted by atomic mass is 10.4. The van der Waals surface area contributed by atoms with Crippen LogP contribution >= 0.6 is 0 Å². The first kappa shape index (κ1) is 21.2. The topological polar surface area (TPSA) is 168 Å². The van der Waals surface area contributed by atoms with Crippen LogP contribution in [-0.4, -0.2) is 86.3 Å². The number of ether oxygens (including phenoxy) is 2. The van der Waals surface area contributed by atoms with E-state index in [4.69, 9.17) is 28.8 Å². The van der Waals surface area contributed by atoms with Gasteiger partial charge < -0.3 is 19.7 Å². The summed E-state index contributed by atoms with van der Waals surface area (Å²) in [4.78, 5) is 0. The Morgan fingerprint density at radius 1 is 0.773 bits per heavy atom. The summed E-state index contributed by atoms with van der Waals surface area (Å²) in [6.07, 6.45) is -2.74. The second-order valence-corrected chi connectivity index (χ2v) is 7.18. The van der Waals surface area contributed by atoms with Crippen LogP contribution in [0.3, 0.4) is 0 Å². The van der Waals surface area contributed by atoms with Crippen molar-refractivity contribution in [3.8, 4) is 11.8 Å². The van der Waals surface area contributed by atoms with Crippen molar-refractivity contribution in [1.82, 2.24) is 0 Å². The fourth-order valence-electron chi connectivity index (χ4n) is 1.18. The van der Waals surface area contributed by atoms with Crippen molar-refractivity contribution in [2.24, 2.45) is 0 Å². The highest BCUT2D eigenvalue weighted by Crippen LogP contribution is 1.92. The van der Waals surface area contributed by atoms with E-state index in [9.17, 15) is 16.8 Å². The van der Waals surface area contributed by atoms with Crippen molar-refractivity contribution in [2.75, 3.05) is 37.9 Å². The average Bonchev–Trinajstić information content (AvgIpc) is 2.27. The predicted octanol–water partition coefficient (Wildman–Crippen LogP) is -2.48. The van der Waals surface area contributed by atoms with Crippen molar-refractivity contribution >= 4 is 20.2 Å². The lowest BCUT2D eigenvalue weighted by molar-refractivity contribution is 0.0604. The zero-order valence-electron chi connectivity index (χ0n) is 11.5. The summed E-state index contributed by atoms with van der Waals surface area (Å²) in [7, 11) is -8.54. The van der Waals surface area contributed by atoms with Gasteiger partial charge in [-0.2, -0.15) is 16.8 Å². The summed E-state index contributed by atoms with van der Waals surface area (Å²) in [5, 5.41) is 18.3. The van der Waals surface area contributed by atoms with E-state index >= 15 is 0 Å². The summed E-state index contributed by atoms with van der Waals surface area (Å²) in [6.45, 7) is -0.913. The molecule has 0 rings (SSSR count). The van der Waals surface area contributed by atoms with Crippen LogP contribution < -0.4 is 0 Å². The first-order valence-corrected chi connectivity index (χ1v) is 9.09. The second-order valence-electron chi connectivity index (χ2n) is 4.19. The molecule has 0 unspecified atom stereocenters. The van der Waals surface area contributed by atoms with Crippen LogP contribution in [0.4, 0.5) is 0 Å². The third-order valence-electron chi connectivity index (χ3n) is 1.90. The predicted molar refractivity (Wildman–Crippen MR) is 74.3 cm³/mol. The molecule has 0 saturated heterocycles. The summed E-state index contributed by atoms with van der Waals surface area (Å²) >= 11 is 0. The number of hydrogen-bond donors (Lipinski definition) is 4. The van der Waals surface area contributed by atoms with Gasteiger partial charge in [-0.15, -0.1) is 0 Å². The van der Waals surface area contributed by atoms with Gasteiger partial charge in [-0.3, -0.25) is 9.11 Å². The minimum absolute atomic E-state index is 0.126. The lowest BCUT2D eigenvalue weighted by Gasteiger charge is -2.07. The molecule has 0 aliphatic rings. The van der Waals surface area contributed by atoms with Gasteiger partial charge in [-0.1, -0.05) is 11.8 Å². The molecule has 12 heteroatoms. The molecule has 0 aliphatic heterocycles. The van der Waals surface area contributed by atoms with E-state index < -0.39 is 43.9 Å². The maximum absolute atomic E-state index is 10.4. The third-order valence-corrected chi connectivity index (χ3v) is 3.51. The van der Waals surface area contributed by atoms with Crippen molar-refractivity contribution in [3.63, 3.8) is 0 Å². The summed E-state index contributed by atoms with van der Waals surface area (Å²) < 4.78 is 68.2. The van der Waals surface area contributed by atoms with Crippen LogP contribution in [-0.2, 0) is 29.7 Å². The number of aliphatic hydroxyl groups is 2. The molecule has 0 amide bonds. The van der Waals surface area contributed by atoms with Gasteiger partial charge in [0.05, 0.1) is 25.4 Å². The zero-order chi connectivity index (χ0) is 17.2. The molecule has 0 heterocycles. The summed E-state index contributed by atoms with van der Waals surface area (Å²) in [5.74, 6) is 3.24. The van der Waals surface area contributed by atoms with Gasteiger partial charge >= 0.3 is 0 Å². The highest BCUT2D eigenvalue weighted by molar-refractivity contribution is 7.86. The van der Waals surface area contributed by atoms with Crippen LogP contribution in [0.2, 0.25) is 0 Å². The monoisotopic (exact) mass is 362 g/mol. The molecule has 0 aromatic heterocycles. The molecule has 130 valence electrons.